The van der Waals surface area contributed by atoms with Gasteiger partial charge in [0.2, 0.25) is 0 Å². The summed E-state index contributed by atoms with van der Waals surface area (Å²) in [6.45, 7) is 2.63. The van der Waals surface area contributed by atoms with Crippen molar-refractivity contribution in [2.45, 2.75) is 25.8 Å². The van der Waals surface area contributed by atoms with Crippen LogP contribution in [0.25, 0.3) is 16.0 Å². The van der Waals surface area contributed by atoms with E-state index in [2.05, 4.69) is 11.9 Å². The molecule has 0 bridgehead atoms. The first kappa shape index (κ1) is 27.2. The lowest BCUT2D eigenvalue weighted by Gasteiger charge is -2.23. The number of hydrogen-bond acceptors (Lipinski definition) is 8. The molecule has 1 aliphatic rings. The third-order valence-electron chi connectivity index (χ3n) is 6.83. The second-order valence-electron chi connectivity index (χ2n) is 9.71. The molecule has 0 radical (unpaired) electrons. The smallest absolute Gasteiger partial charge is 0.301 e. The van der Waals surface area contributed by atoms with E-state index in [1.54, 1.807) is 37.4 Å². The molecule has 1 amide bonds. The summed E-state index contributed by atoms with van der Waals surface area (Å²) in [5, 5.41) is 11.9. The van der Waals surface area contributed by atoms with Crippen LogP contribution in [0.5, 0.6) is 11.5 Å². The van der Waals surface area contributed by atoms with E-state index < -0.39 is 17.7 Å². The number of carbonyl (C=O) groups excluding carboxylic acids is 2. The Labute approximate surface area is 237 Å². The highest BCUT2D eigenvalue weighted by Gasteiger charge is 2.48. The number of carbonyl (C=O) groups is 2. The van der Waals surface area contributed by atoms with Gasteiger partial charge in [-0.05, 0) is 54.4 Å². The van der Waals surface area contributed by atoms with E-state index in [0.717, 1.165) is 23.2 Å². The fourth-order valence-electron chi connectivity index (χ4n) is 4.65. The lowest BCUT2D eigenvalue weighted by Crippen LogP contribution is -2.29. The van der Waals surface area contributed by atoms with Crippen LogP contribution in [-0.2, 0) is 9.59 Å². The number of thiazole rings is 1. The maximum atomic E-state index is 13.6. The molecule has 8 nitrogen and oxygen atoms in total. The van der Waals surface area contributed by atoms with Crippen LogP contribution in [0.3, 0.4) is 0 Å². The third kappa shape index (κ3) is 5.12. The number of Topliss-reactive ketones (excluding diaryl/α,β-unsaturated/α-hetero) is 1. The van der Waals surface area contributed by atoms with Crippen molar-refractivity contribution in [2.75, 3.05) is 37.6 Å². The zero-order chi connectivity index (χ0) is 28.4. The average Bonchev–Trinajstić information content (AvgIpc) is 3.50. The van der Waals surface area contributed by atoms with Gasteiger partial charge in [0.1, 0.15) is 17.3 Å². The first-order valence-corrected chi connectivity index (χ1v) is 13.9. The Morgan fingerprint density at radius 3 is 2.52 bits per heavy atom. The second-order valence-corrected chi connectivity index (χ2v) is 10.7. The minimum Gasteiger partial charge on any atom is -0.507 e. The van der Waals surface area contributed by atoms with Crippen molar-refractivity contribution >= 4 is 49.8 Å². The van der Waals surface area contributed by atoms with Crippen molar-refractivity contribution in [1.29, 1.82) is 0 Å². The van der Waals surface area contributed by atoms with Crippen LogP contribution >= 0.6 is 11.3 Å². The number of amides is 1. The number of methoxy groups -OCH3 is 1. The molecule has 1 unspecified atom stereocenters. The monoisotopic (exact) mass is 557 g/mol. The Balaban J connectivity index is 1.64. The van der Waals surface area contributed by atoms with Gasteiger partial charge in [0, 0.05) is 25.3 Å². The summed E-state index contributed by atoms with van der Waals surface area (Å²) in [5.74, 6) is -0.524. The second kappa shape index (κ2) is 11.4. The number of rotatable bonds is 9. The van der Waals surface area contributed by atoms with Gasteiger partial charge < -0.3 is 19.5 Å². The number of aliphatic hydroxyl groups excluding tert-OH is 1. The molecule has 2 heterocycles. The quantitative estimate of drug-likeness (QED) is 0.114. The average molecular weight is 558 g/mol. The van der Waals surface area contributed by atoms with Gasteiger partial charge in [-0.3, -0.25) is 14.5 Å². The summed E-state index contributed by atoms with van der Waals surface area (Å²) >= 11 is 1.29. The predicted molar refractivity (Wildman–Crippen MR) is 159 cm³/mol. The number of hydrogen-bond donors (Lipinski definition) is 1. The molecule has 3 aromatic carbocycles. The molecular weight excluding hydrogens is 526 g/mol. The highest BCUT2D eigenvalue weighted by atomic mass is 32.1. The minimum atomic E-state index is -0.872. The van der Waals surface area contributed by atoms with Gasteiger partial charge in [-0.15, -0.1) is 0 Å². The van der Waals surface area contributed by atoms with E-state index in [4.69, 9.17) is 9.47 Å². The molecule has 1 saturated heterocycles. The highest BCUT2D eigenvalue weighted by Crippen LogP contribution is 2.45. The molecule has 40 heavy (non-hydrogen) atoms. The molecule has 1 fully saturated rings. The van der Waals surface area contributed by atoms with Crippen LogP contribution in [0, 0.1) is 0 Å². The zero-order valence-electron chi connectivity index (χ0n) is 22.9. The molecule has 1 atom stereocenters. The molecule has 0 spiro atoms. The molecule has 1 aromatic heterocycles. The van der Waals surface area contributed by atoms with Crippen LogP contribution < -0.4 is 19.3 Å². The van der Waals surface area contributed by atoms with Gasteiger partial charge in [0.05, 0.1) is 35.5 Å². The number of benzene rings is 3. The lowest BCUT2D eigenvalue weighted by atomic mass is 9.95. The zero-order valence-corrected chi connectivity index (χ0v) is 23.7. The highest BCUT2D eigenvalue weighted by molar-refractivity contribution is 7.22. The van der Waals surface area contributed by atoms with Crippen LogP contribution in [0.4, 0.5) is 10.8 Å². The van der Waals surface area contributed by atoms with Crippen molar-refractivity contribution in [1.82, 2.24) is 4.98 Å². The Kier molecular flexibility index (Phi) is 7.75. The fraction of sp³-hybridized carbons (Fsp3) is 0.258. The van der Waals surface area contributed by atoms with E-state index in [1.165, 1.54) is 16.2 Å². The topological polar surface area (TPSA) is 92.2 Å². The molecule has 5 rings (SSSR count). The van der Waals surface area contributed by atoms with Gasteiger partial charge >= 0.3 is 5.91 Å². The van der Waals surface area contributed by atoms with E-state index in [-0.39, 0.29) is 11.3 Å². The maximum absolute atomic E-state index is 13.6. The van der Waals surface area contributed by atoms with Crippen molar-refractivity contribution in [2.24, 2.45) is 0 Å². The van der Waals surface area contributed by atoms with Crippen LogP contribution in [0.15, 0.2) is 72.3 Å². The number of unbranched alkanes of at least 4 members (excludes halogenated alkanes) is 1. The summed E-state index contributed by atoms with van der Waals surface area (Å²) in [6, 6.07) is 19.1. The van der Waals surface area contributed by atoms with Crippen molar-refractivity contribution in [3.8, 4) is 11.5 Å². The minimum absolute atomic E-state index is 0.00477. The number of ketones is 1. The van der Waals surface area contributed by atoms with Crippen LogP contribution in [0.2, 0.25) is 0 Å². The molecule has 1 aliphatic heterocycles. The molecular formula is C31H31N3O5S. The molecule has 0 saturated carbocycles. The molecule has 1 N–H and O–H groups in total. The van der Waals surface area contributed by atoms with E-state index in [9.17, 15) is 14.7 Å². The van der Waals surface area contributed by atoms with Gasteiger partial charge in [0.25, 0.3) is 5.78 Å². The Bertz CT molecular complexity index is 1590. The van der Waals surface area contributed by atoms with Crippen LogP contribution in [0.1, 0.15) is 36.9 Å². The Morgan fingerprint density at radius 1 is 1.05 bits per heavy atom. The molecule has 206 valence electrons. The van der Waals surface area contributed by atoms with E-state index in [0.29, 0.717) is 39.9 Å². The predicted octanol–water partition coefficient (Wildman–Crippen LogP) is 6.18. The van der Waals surface area contributed by atoms with E-state index >= 15 is 0 Å². The summed E-state index contributed by atoms with van der Waals surface area (Å²) in [6.07, 6.45) is 1.90. The van der Waals surface area contributed by atoms with Crippen LogP contribution in [-0.4, -0.2) is 49.6 Å². The SMILES string of the molecule is CCCCOc1cccc(/C(O)=C2\C(=O)C(=O)N(c3nc4ccc(OC)cc4s3)C2c2ccc(N(C)C)cc2)c1. The molecule has 9 heteroatoms. The first-order chi connectivity index (χ1) is 19.3. The standard InChI is InChI=1S/C31H31N3O5S/c1-5-6-16-39-23-9-7-8-20(17-23)28(35)26-27(19-10-12-21(13-11-19)33(2)3)34(30(37)29(26)36)31-32-24-15-14-22(38-4)18-25(24)40-31/h7-15,17-18,27,35H,5-6,16H2,1-4H3/b28-26+. The number of anilines is 2. The number of fused-ring (bicyclic) bond motifs is 1. The van der Waals surface area contributed by atoms with Crippen molar-refractivity contribution in [3.63, 3.8) is 0 Å². The van der Waals surface area contributed by atoms with Crippen molar-refractivity contribution in [3.05, 3.63) is 83.4 Å². The Hall–Kier alpha value is -4.37. The van der Waals surface area contributed by atoms with E-state index in [1.807, 2.05) is 55.4 Å². The van der Waals surface area contributed by atoms with Gasteiger partial charge in [-0.25, -0.2) is 4.98 Å². The largest absolute Gasteiger partial charge is 0.507 e. The summed E-state index contributed by atoms with van der Waals surface area (Å²) in [7, 11) is 5.46. The molecule has 4 aromatic rings. The lowest BCUT2D eigenvalue weighted by molar-refractivity contribution is -0.132. The molecule has 0 aliphatic carbocycles. The normalized spacial score (nSPS) is 16.5. The Morgan fingerprint density at radius 2 is 1.82 bits per heavy atom. The van der Waals surface area contributed by atoms with Gasteiger partial charge in [0.15, 0.2) is 5.13 Å². The number of aromatic nitrogens is 1. The van der Waals surface area contributed by atoms with Gasteiger partial charge in [-0.1, -0.05) is 48.9 Å². The summed E-state index contributed by atoms with van der Waals surface area (Å²) in [5.41, 5.74) is 2.73. The number of nitrogens with zero attached hydrogens (tertiary/aromatic N) is 3. The van der Waals surface area contributed by atoms with Gasteiger partial charge in [-0.2, -0.15) is 0 Å². The summed E-state index contributed by atoms with van der Waals surface area (Å²) in [4.78, 5) is 35.2. The number of aliphatic hydroxyl groups is 1. The third-order valence-corrected chi connectivity index (χ3v) is 7.85. The van der Waals surface area contributed by atoms with Crippen molar-refractivity contribution < 1.29 is 24.2 Å². The maximum Gasteiger partial charge on any atom is 0.301 e. The fourth-order valence-corrected chi connectivity index (χ4v) is 5.67. The first-order valence-electron chi connectivity index (χ1n) is 13.1. The summed E-state index contributed by atoms with van der Waals surface area (Å²) < 4.78 is 12.0. The number of ether oxygens (including phenoxy) is 2.